The highest BCUT2D eigenvalue weighted by Crippen LogP contribution is 2.40. The minimum Gasteiger partial charge on any atom is -0.388 e. The number of hydrogen-bond donors (Lipinski definition) is 2. The minimum atomic E-state index is -4.68. The van der Waals surface area contributed by atoms with Gasteiger partial charge in [0.15, 0.2) is 11.5 Å². The molecular formula is C24H22ClF4N5O3. The van der Waals surface area contributed by atoms with Crippen molar-refractivity contribution in [2.24, 2.45) is 5.92 Å². The highest BCUT2D eigenvalue weighted by atomic mass is 35.5. The third-order valence-electron chi connectivity index (χ3n) is 6.61. The van der Waals surface area contributed by atoms with E-state index in [-0.39, 0.29) is 28.4 Å². The zero-order valence-electron chi connectivity index (χ0n) is 19.5. The van der Waals surface area contributed by atoms with Crippen molar-refractivity contribution in [3.8, 4) is 5.82 Å². The van der Waals surface area contributed by atoms with E-state index in [1.165, 1.54) is 16.7 Å². The summed E-state index contributed by atoms with van der Waals surface area (Å²) in [5.41, 5.74) is -2.31. The summed E-state index contributed by atoms with van der Waals surface area (Å²) in [6, 6.07) is 1.82. The van der Waals surface area contributed by atoms with Gasteiger partial charge < -0.3 is 15.3 Å². The second-order valence-corrected chi connectivity index (χ2v) is 10.1. The molecule has 8 nitrogen and oxygen atoms in total. The molecule has 5 rings (SSSR count). The van der Waals surface area contributed by atoms with E-state index in [4.69, 9.17) is 11.6 Å². The van der Waals surface area contributed by atoms with E-state index in [1.807, 2.05) is 5.32 Å². The Kier molecular flexibility index (Phi) is 6.14. The van der Waals surface area contributed by atoms with Gasteiger partial charge in [0.1, 0.15) is 23.2 Å². The Labute approximate surface area is 212 Å². The number of hydrogen-bond acceptors (Lipinski definition) is 6. The molecular weight excluding hydrogens is 518 g/mol. The Balaban J connectivity index is 1.65. The van der Waals surface area contributed by atoms with Gasteiger partial charge in [-0.25, -0.2) is 14.4 Å². The highest BCUT2D eigenvalue weighted by molar-refractivity contribution is 6.32. The number of alkyl halides is 3. The van der Waals surface area contributed by atoms with E-state index >= 15 is 0 Å². The molecule has 2 unspecified atom stereocenters. The highest BCUT2D eigenvalue weighted by Gasteiger charge is 2.50. The molecule has 2 fully saturated rings. The maximum Gasteiger partial charge on any atom is 0.408 e. The van der Waals surface area contributed by atoms with Gasteiger partial charge in [-0.15, -0.1) is 0 Å². The van der Waals surface area contributed by atoms with E-state index < -0.39 is 46.5 Å². The number of anilines is 1. The predicted molar refractivity (Wildman–Crippen MR) is 128 cm³/mol. The molecule has 0 bridgehead atoms. The van der Waals surface area contributed by atoms with E-state index in [2.05, 4.69) is 9.97 Å². The molecule has 0 aromatic carbocycles. The molecule has 2 N–H and O–H groups in total. The molecule has 1 aliphatic heterocycles. The lowest BCUT2D eigenvalue weighted by Crippen LogP contribution is -2.48. The van der Waals surface area contributed by atoms with Crippen LogP contribution in [0.1, 0.15) is 36.5 Å². The lowest BCUT2D eigenvalue weighted by atomic mass is 10.1. The van der Waals surface area contributed by atoms with Crippen molar-refractivity contribution < 1.29 is 27.5 Å². The fourth-order valence-electron chi connectivity index (χ4n) is 4.53. The van der Waals surface area contributed by atoms with Gasteiger partial charge in [-0.05, 0) is 50.3 Å². The van der Waals surface area contributed by atoms with Gasteiger partial charge in [0.05, 0.1) is 22.2 Å². The van der Waals surface area contributed by atoms with Crippen LogP contribution in [0.4, 0.5) is 23.4 Å². The molecule has 37 heavy (non-hydrogen) atoms. The second kappa shape index (κ2) is 8.95. The summed E-state index contributed by atoms with van der Waals surface area (Å²) in [5.74, 6) is -2.34. The number of fused-ring (bicyclic) bond motifs is 1. The molecule has 2 aliphatic rings. The summed E-state index contributed by atoms with van der Waals surface area (Å²) in [4.78, 5) is 36.6. The molecule has 4 heterocycles. The van der Waals surface area contributed by atoms with Gasteiger partial charge in [-0.2, -0.15) is 13.2 Å². The van der Waals surface area contributed by atoms with Crippen molar-refractivity contribution in [2.45, 2.75) is 44.0 Å². The van der Waals surface area contributed by atoms with Crippen LogP contribution in [0.5, 0.6) is 0 Å². The van der Waals surface area contributed by atoms with E-state index in [1.54, 1.807) is 11.8 Å². The third-order valence-corrected chi connectivity index (χ3v) is 6.88. The molecule has 1 saturated heterocycles. The number of amides is 1. The standard InChI is InChI=1S/C24H22ClF4N5O3/c1-23(37)6-7-33(11-23)17-5-4-14-18(35)15(22(36)32-19(12-2-3-12)24(27,28)29)10-34(20(14)31-17)21-16(25)8-13(26)9-30-21/h4-5,8-10,12,19,37H,2-3,6-7,11H2,1H3,(H,32,36). The number of nitrogens with one attached hydrogen (secondary N) is 1. The van der Waals surface area contributed by atoms with Gasteiger partial charge >= 0.3 is 6.18 Å². The second-order valence-electron chi connectivity index (χ2n) is 9.74. The molecule has 1 saturated carbocycles. The summed E-state index contributed by atoms with van der Waals surface area (Å²) in [6.07, 6.45) is -1.66. The van der Waals surface area contributed by atoms with Crippen molar-refractivity contribution in [3.63, 3.8) is 0 Å². The molecule has 0 spiro atoms. The maximum atomic E-state index is 13.7. The Morgan fingerprint density at radius 2 is 2.05 bits per heavy atom. The minimum absolute atomic E-state index is 0.0150. The van der Waals surface area contributed by atoms with Crippen molar-refractivity contribution in [1.82, 2.24) is 19.9 Å². The number of β-amino-alcohol motifs (C(OH)–C–C–N with tert-alkyl or cyclic N) is 1. The van der Waals surface area contributed by atoms with Gasteiger partial charge in [-0.1, -0.05) is 11.6 Å². The zero-order valence-corrected chi connectivity index (χ0v) is 20.3. The van der Waals surface area contributed by atoms with Crippen molar-refractivity contribution in [1.29, 1.82) is 0 Å². The van der Waals surface area contributed by atoms with Crippen LogP contribution in [0.25, 0.3) is 16.9 Å². The average molecular weight is 540 g/mol. The van der Waals surface area contributed by atoms with Crippen molar-refractivity contribution >= 4 is 34.4 Å². The molecule has 196 valence electrons. The number of carbonyl (C=O) groups is 1. The maximum absolute atomic E-state index is 13.7. The number of aromatic nitrogens is 3. The smallest absolute Gasteiger partial charge is 0.388 e. The molecule has 3 aromatic heterocycles. The first kappa shape index (κ1) is 25.4. The van der Waals surface area contributed by atoms with Crippen LogP contribution in [-0.4, -0.2) is 56.5 Å². The predicted octanol–water partition coefficient (Wildman–Crippen LogP) is 3.61. The van der Waals surface area contributed by atoms with Crippen LogP contribution < -0.4 is 15.6 Å². The first-order valence-electron chi connectivity index (χ1n) is 11.6. The summed E-state index contributed by atoms with van der Waals surface area (Å²) < 4.78 is 55.5. The number of pyridine rings is 3. The van der Waals surface area contributed by atoms with Crippen LogP contribution in [0, 0.1) is 11.7 Å². The fourth-order valence-corrected chi connectivity index (χ4v) is 4.78. The molecule has 0 radical (unpaired) electrons. The summed E-state index contributed by atoms with van der Waals surface area (Å²) in [6.45, 7) is 2.46. The lowest BCUT2D eigenvalue weighted by molar-refractivity contribution is -0.158. The Hall–Kier alpha value is -3.25. The summed E-state index contributed by atoms with van der Waals surface area (Å²) in [5, 5.41) is 12.1. The van der Waals surface area contributed by atoms with Crippen LogP contribution in [-0.2, 0) is 0 Å². The SMILES string of the molecule is CC1(O)CCN(c2ccc3c(=O)c(C(=O)NC(C4CC4)C(F)(F)F)cn(-c4ncc(F)cc4Cl)c3n2)C1. The van der Waals surface area contributed by atoms with Gasteiger partial charge in [0.2, 0.25) is 5.43 Å². The van der Waals surface area contributed by atoms with Crippen LogP contribution in [0.15, 0.2) is 35.4 Å². The Bertz CT molecular complexity index is 1450. The Morgan fingerprint density at radius 1 is 1.32 bits per heavy atom. The first-order chi connectivity index (χ1) is 17.3. The molecule has 3 aromatic rings. The van der Waals surface area contributed by atoms with Gasteiger partial charge in [0, 0.05) is 19.3 Å². The quantitative estimate of drug-likeness (QED) is 0.481. The molecule has 13 heteroatoms. The number of halogens is 5. The number of rotatable bonds is 5. The van der Waals surface area contributed by atoms with E-state index in [9.17, 15) is 32.3 Å². The van der Waals surface area contributed by atoms with Crippen LogP contribution in [0.2, 0.25) is 5.02 Å². The number of aliphatic hydroxyl groups is 1. The largest absolute Gasteiger partial charge is 0.408 e. The molecule has 2 atom stereocenters. The Morgan fingerprint density at radius 3 is 2.65 bits per heavy atom. The van der Waals surface area contributed by atoms with E-state index in [0.717, 1.165) is 18.5 Å². The van der Waals surface area contributed by atoms with Crippen LogP contribution in [0.3, 0.4) is 0 Å². The van der Waals surface area contributed by atoms with Crippen LogP contribution >= 0.6 is 11.6 Å². The zero-order chi connectivity index (χ0) is 26.7. The van der Waals surface area contributed by atoms with Crippen molar-refractivity contribution in [3.05, 3.63) is 57.2 Å². The van der Waals surface area contributed by atoms with Gasteiger partial charge in [-0.3, -0.25) is 14.2 Å². The topological polar surface area (TPSA) is 100 Å². The van der Waals surface area contributed by atoms with E-state index in [0.29, 0.717) is 31.6 Å². The average Bonchev–Trinajstić information content (AvgIpc) is 3.58. The molecule has 1 aliphatic carbocycles. The lowest BCUT2D eigenvalue weighted by Gasteiger charge is -2.22. The number of nitrogens with zero attached hydrogens (tertiary/aromatic N) is 4. The van der Waals surface area contributed by atoms with Crippen molar-refractivity contribution in [2.75, 3.05) is 18.0 Å². The monoisotopic (exact) mass is 539 g/mol. The fraction of sp³-hybridized carbons (Fsp3) is 0.417. The first-order valence-corrected chi connectivity index (χ1v) is 11.9. The van der Waals surface area contributed by atoms with Gasteiger partial charge in [0.25, 0.3) is 5.91 Å². The normalized spacial score (nSPS) is 20.9. The number of carbonyl (C=O) groups excluding carboxylic acids is 1. The summed E-state index contributed by atoms with van der Waals surface area (Å²) in [7, 11) is 0. The molecule has 1 amide bonds. The summed E-state index contributed by atoms with van der Waals surface area (Å²) >= 11 is 6.21. The third kappa shape index (κ3) is 4.99.